The lowest BCUT2D eigenvalue weighted by atomic mass is 9.97. The van der Waals surface area contributed by atoms with Gasteiger partial charge in [0.1, 0.15) is 0 Å². The molecule has 1 rings (SSSR count). The van der Waals surface area contributed by atoms with Gasteiger partial charge in [0.05, 0.1) is 5.75 Å². The average molecular weight is 250 g/mol. The van der Waals surface area contributed by atoms with E-state index in [1.54, 1.807) is 4.31 Å². The summed E-state index contributed by atoms with van der Waals surface area (Å²) in [6.45, 7) is 1.73. The van der Waals surface area contributed by atoms with E-state index in [2.05, 4.69) is 0 Å². The summed E-state index contributed by atoms with van der Waals surface area (Å²) < 4.78 is 25.4. The zero-order chi connectivity index (χ0) is 12.0. The number of nitrogens with zero attached hydrogens (tertiary/aromatic N) is 1. The van der Waals surface area contributed by atoms with Gasteiger partial charge in [-0.2, -0.15) is 0 Å². The molecule has 0 radical (unpaired) electrons. The summed E-state index contributed by atoms with van der Waals surface area (Å²) in [4.78, 5) is 0. The van der Waals surface area contributed by atoms with Crippen LogP contribution in [-0.4, -0.2) is 49.8 Å². The summed E-state index contributed by atoms with van der Waals surface area (Å²) in [5, 5.41) is 8.86. The highest BCUT2D eigenvalue weighted by molar-refractivity contribution is 7.89. The first kappa shape index (κ1) is 13.9. The van der Waals surface area contributed by atoms with E-state index in [0.717, 1.165) is 12.8 Å². The van der Waals surface area contributed by atoms with Gasteiger partial charge in [-0.25, -0.2) is 12.7 Å². The SMILES string of the molecule is NCCCS(=O)(=O)N1CCCC(CCO)C1. The largest absolute Gasteiger partial charge is 0.396 e. The van der Waals surface area contributed by atoms with E-state index in [1.807, 2.05) is 0 Å². The maximum atomic E-state index is 11.9. The van der Waals surface area contributed by atoms with Crippen molar-refractivity contribution in [1.82, 2.24) is 4.31 Å². The maximum absolute atomic E-state index is 11.9. The van der Waals surface area contributed by atoms with Gasteiger partial charge in [0.2, 0.25) is 10.0 Å². The molecule has 0 aromatic rings. The van der Waals surface area contributed by atoms with Crippen LogP contribution in [0.25, 0.3) is 0 Å². The third-order valence-corrected chi connectivity index (χ3v) is 4.94. The first-order valence-corrected chi connectivity index (χ1v) is 7.50. The van der Waals surface area contributed by atoms with Gasteiger partial charge >= 0.3 is 0 Å². The Labute approximate surface area is 97.7 Å². The molecule has 5 nitrogen and oxygen atoms in total. The zero-order valence-electron chi connectivity index (χ0n) is 9.64. The molecule has 1 aliphatic heterocycles. The second-order valence-electron chi connectivity index (χ2n) is 4.34. The van der Waals surface area contributed by atoms with Crippen LogP contribution in [0.1, 0.15) is 25.7 Å². The Morgan fingerprint density at radius 3 is 2.81 bits per heavy atom. The molecule has 6 heteroatoms. The predicted octanol–water partition coefficient (Wildman–Crippen LogP) is -0.241. The molecule has 16 heavy (non-hydrogen) atoms. The average Bonchev–Trinajstić information content (AvgIpc) is 2.27. The molecule has 0 aromatic carbocycles. The lowest BCUT2D eigenvalue weighted by Crippen LogP contribution is -2.41. The molecule has 1 heterocycles. The fraction of sp³-hybridized carbons (Fsp3) is 1.00. The van der Waals surface area contributed by atoms with Gasteiger partial charge in [-0.15, -0.1) is 0 Å². The van der Waals surface area contributed by atoms with Crippen molar-refractivity contribution in [2.75, 3.05) is 32.0 Å². The zero-order valence-corrected chi connectivity index (χ0v) is 10.5. The monoisotopic (exact) mass is 250 g/mol. The Hall–Kier alpha value is -0.170. The van der Waals surface area contributed by atoms with E-state index in [-0.39, 0.29) is 12.4 Å². The summed E-state index contributed by atoms with van der Waals surface area (Å²) in [7, 11) is -3.13. The standard InChI is InChI=1S/C10H22N2O3S/c11-5-2-8-16(14,15)12-6-1-3-10(9-12)4-7-13/h10,13H,1-9,11H2. The molecular weight excluding hydrogens is 228 g/mol. The van der Waals surface area contributed by atoms with Crippen molar-refractivity contribution in [1.29, 1.82) is 0 Å². The normalized spacial score (nSPS) is 23.5. The second kappa shape index (κ2) is 6.54. The van der Waals surface area contributed by atoms with E-state index < -0.39 is 10.0 Å². The van der Waals surface area contributed by atoms with Crippen LogP contribution in [0.15, 0.2) is 0 Å². The molecule has 0 aliphatic carbocycles. The van der Waals surface area contributed by atoms with Crippen LogP contribution < -0.4 is 5.73 Å². The van der Waals surface area contributed by atoms with Gasteiger partial charge in [0, 0.05) is 19.7 Å². The van der Waals surface area contributed by atoms with Gasteiger partial charge in [-0.05, 0) is 38.1 Å². The fourth-order valence-corrected chi connectivity index (χ4v) is 3.73. The van der Waals surface area contributed by atoms with E-state index >= 15 is 0 Å². The molecule has 1 unspecified atom stereocenters. The fourth-order valence-electron chi connectivity index (χ4n) is 2.09. The van der Waals surface area contributed by atoms with Crippen molar-refractivity contribution in [2.45, 2.75) is 25.7 Å². The van der Waals surface area contributed by atoms with Crippen molar-refractivity contribution in [3.05, 3.63) is 0 Å². The van der Waals surface area contributed by atoms with E-state index in [1.165, 1.54) is 0 Å². The third-order valence-electron chi connectivity index (χ3n) is 3.02. The summed E-state index contributed by atoms with van der Waals surface area (Å²) >= 11 is 0. The van der Waals surface area contributed by atoms with Crippen LogP contribution in [0.4, 0.5) is 0 Å². The van der Waals surface area contributed by atoms with Crippen LogP contribution in [-0.2, 0) is 10.0 Å². The molecule has 1 fully saturated rings. The van der Waals surface area contributed by atoms with Crippen molar-refractivity contribution in [3.8, 4) is 0 Å². The third kappa shape index (κ3) is 4.01. The molecule has 1 saturated heterocycles. The van der Waals surface area contributed by atoms with Gasteiger partial charge in [-0.1, -0.05) is 0 Å². The Bertz CT molecular complexity index is 290. The minimum absolute atomic E-state index is 0.140. The molecule has 0 saturated carbocycles. The van der Waals surface area contributed by atoms with Crippen LogP contribution in [0.5, 0.6) is 0 Å². The smallest absolute Gasteiger partial charge is 0.214 e. The highest BCUT2D eigenvalue weighted by Crippen LogP contribution is 2.21. The molecule has 1 atom stereocenters. The lowest BCUT2D eigenvalue weighted by Gasteiger charge is -2.31. The summed E-state index contributed by atoms with van der Waals surface area (Å²) in [6, 6.07) is 0. The van der Waals surface area contributed by atoms with Crippen molar-refractivity contribution >= 4 is 10.0 Å². The Morgan fingerprint density at radius 2 is 2.19 bits per heavy atom. The van der Waals surface area contributed by atoms with Crippen LogP contribution in [0.2, 0.25) is 0 Å². The van der Waals surface area contributed by atoms with Crippen LogP contribution in [0.3, 0.4) is 0 Å². The number of piperidine rings is 1. The summed E-state index contributed by atoms with van der Waals surface area (Å²) in [5.74, 6) is 0.460. The molecule has 3 N–H and O–H groups in total. The summed E-state index contributed by atoms with van der Waals surface area (Å²) in [5.41, 5.74) is 5.32. The molecule has 0 amide bonds. The van der Waals surface area contributed by atoms with Crippen LogP contribution >= 0.6 is 0 Å². The highest BCUT2D eigenvalue weighted by atomic mass is 32.2. The molecule has 96 valence electrons. The van der Waals surface area contributed by atoms with Crippen LogP contribution in [0, 0.1) is 5.92 Å². The molecule has 0 bridgehead atoms. The summed E-state index contributed by atoms with van der Waals surface area (Å²) in [6.07, 6.45) is 3.13. The first-order valence-electron chi connectivity index (χ1n) is 5.89. The lowest BCUT2D eigenvalue weighted by molar-refractivity contribution is 0.203. The van der Waals surface area contributed by atoms with Crippen molar-refractivity contribution < 1.29 is 13.5 Å². The maximum Gasteiger partial charge on any atom is 0.214 e. The predicted molar refractivity (Wildman–Crippen MR) is 63.5 cm³/mol. The Morgan fingerprint density at radius 1 is 1.44 bits per heavy atom. The van der Waals surface area contributed by atoms with Crippen molar-refractivity contribution in [2.24, 2.45) is 11.7 Å². The number of hydrogen-bond acceptors (Lipinski definition) is 4. The van der Waals surface area contributed by atoms with E-state index in [4.69, 9.17) is 10.8 Å². The number of rotatable bonds is 6. The van der Waals surface area contributed by atoms with Gasteiger partial charge in [0.25, 0.3) is 0 Å². The number of hydrogen-bond donors (Lipinski definition) is 2. The minimum atomic E-state index is -3.13. The quantitative estimate of drug-likeness (QED) is 0.681. The van der Waals surface area contributed by atoms with Crippen molar-refractivity contribution in [3.63, 3.8) is 0 Å². The number of aliphatic hydroxyl groups excluding tert-OH is 1. The molecule has 1 aliphatic rings. The molecule has 0 aromatic heterocycles. The first-order chi connectivity index (χ1) is 7.60. The van der Waals surface area contributed by atoms with E-state index in [9.17, 15) is 8.42 Å². The second-order valence-corrected chi connectivity index (χ2v) is 6.43. The Kier molecular flexibility index (Phi) is 5.68. The van der Waals surface area contributed by atoms with E-state index in [0.29, 0.717) is 38.4 Å². The number of nitrogens with two attached hydrogens (primary N) is 1. The Balaban J connectivity index is 2.52. The number of aliphatic hydroxyl groups is 1. The van der Waals surface area contributed by atoms with Gasteiger partial charge in [0.15, 0.2) is 0 Å². The molecular formula is C10H22N2O3S. The topological polar surface area (TPSA) is 83.6 Å². The molecule has 0 spiro atoms. The minimum Gasteiger partial charge on any atom is -0.396 e. The number of sulfonamides is 1. The highest BCUT2D eigenvalue weighted by Gasteiger charge is 2.27. The van der Waals surface area contributed by atoms with Gasteiger partial charge < -0.3 is 10.8 Å². The van der Waals surface area contributed by atoms with Gasteiger partial charge in [-0.3, -0.25) is 0 Å².